The second-order valence-corrected chi connectivity index (χ2v) is 5.20. The first-order valence-corrected chi connectivity index (χ1v) is 7.42. The van der Waals surface area contributed by atoms with Gasteiger partial charge >= 0.3 is 0 Å². The molecule has 0 aromatic rings. The van der Waals surface area contributed by atoms with Crippen LogP contribution in [-0.4, -0.2) is 44.8 Å². The molecule has 2 rings (SSSR count). The van der Waals surface area contributed by atoms with Crippen LogP contribution in [0.1, 0.15) is 39.5 Å². The molecule has 2 aliphatic rings. The highest BCUT2D eigenvalue weighted by molar-refractivity contribution is 4.90. The van der Waals surface area contributed by atoms with Gasteiger partial charge in [0.1, 0.15) is 0 Å². The largest absolute Gasteiger partial charge is 0.375 e. The van der Waals surface area contributed by atoms with Gasteiger partial charge in [0, 0.05) is 32.1 Å². The van der Waals surface area contributed by atoms with Crippen molar-refractivity contribution in [1.82, 2.24) is 5.32 Å². The first kappa shape index (κ1) is 14.3. The van der Waals surface area contributed by atoms with Gasteiger partial charge in [-0.05, 0) is 39.7 Å². The number of fused-ring (bicyclic) bond motifs is 2. The van der Waals surface area contributed by atoms with E-state index in [1.165, 1.54) is 19.3 Å². The standard InChI is InChI=1S/C14H27NO3/c1-3-16-14(17-4-2)7-8-15-10-11-9-12-5-6-13(11)18-12/h11-15H,3-10H2,1-2H3. The first-order valence-electron chi connectivity index (χ1n) is 7.42. The maximum Gasteiger partial charge on any atom is 0.158 e. The van der Waals surface area contributed by atoms with Gasteiger partial charge < -0.3 is 19.5 Å². The molecule has 2 fully saturated rings. The molecular formula is C14H27NO3. The van der Waals surface area contributed by atoms with Crippen molar-refractivity contribution in [1.29, 1.82) is 0 Å². The lowest BCUT2D eigenvalue weighted by Gasteiger charge is -2.20. The SMILES string of the molecule is CCOC(CCNCC1CC2CCC1O2)OCC. The molecule has 0 spiro atoms. The van der Waals surface area contributed by atoms with E-state index in [0.29, 0.717) is 25.4 Å². The molecule has 2 bridgehead atoms. The fourth-order valence-electron chi connectivity index (χ4n) is 3.05. The summed E-state index contributed by atoms with van der Waals surface area (Å²) >= 11 is 0. The van der Waals surface area contributed by atoms with E-state index < -0.39 is 0 Å². The molecule has 0 amide bonds. The van der Waals surface area contributed by atoms with Gasteiger partial charge in [0.25, 0.3) is 0 Å². The minimum Gasteiger partial charge on any atom is -0.375 e. The molecule has 4 nitrogen and oxygen atoms in total. The van der Waals surface area contributed by atoms with Crippen LogP contribution in [0.5, 0.6) is 0 Å². The summed E-state index contributed by atoms with van der Waals surface area (Å²) in [7, 11) is 0. The number of hydrogen-bond acceptors (Lipinski definition) is 4. The summed E-state index contributed by atoms with van der Waals surface area (Å²) in [5.74, 6) is 0.724. The third kappa shape index (κ3) is 3.92. The van der Waals surface area contributed by atoms with Crippen LogP contribution in [-0.2, 0) is 14.2 Å². The molecule has 106 valence electrons. The van der Waals surface area contributed by atoms with E-state index in [1.807, 2.05) is 13.8 Å². The maximum absolute atomic E-state index is 5.85. The molecule has 1 N–H and O–H groups in total. The average Bonchev–Trinajstić information content (AvgIpc) is 2.97. The Morgan fingerprint density at radius 3 is 2.56 bits per heavy atom. The van der Waals surface area contributed by atoms with Crippen molar-refractivity contribution in [3.63, 3.8) is 0 Å². The third-order valence-electron chi connectivity index (χ3n) is 3.90. The fraction of sp³-hybridized carbons (Fsp3) is 1.00. The van der Waals surface area contributed by atoms with Crippen LogP contribution in [0.2, 0.25) is 0 Å². The molecule has 3 unspecified atom stereocenters. The minimum atomic E-state index is -0.0521. The molecule has 0 aromatic heterocycles. The van der Waals surface area contributed by atoms with Gasteiger partial charge in [-0.15, -0.1) is 0 Å². The number of nitrogens with one attached hydrogen (secondary N) is 1. The van der Waals surface area contributed by atoms with Gasteiger partial charge in [-0.25, -0.2) is 0 Å². The molecular weight excluding hydrogens is 230 g/mol. The first-order chi connectivity index (χ1) is 8.83. The zero-order chi connectivity index (χ0) is 12.8. The highest BCUT2D eigenvalue weighted by atomic mass is 16.7. The Balaban J connectivity index is 1.55. The molecule has 0 aliphatic carbocycles. The van der Waals surface area contributed by atoms with Gasteiger partial charge in [-0.1, -0.05) is 0 Å². The molecule has 18 heavy (non-hydrogen) atoms. The van der Waals surface area contributed by atoms with Crippen LogP contribution in [0, 0.1) is 5.92 Å². The summed E-state index contributed by atoms with van der Waals surface area (Å²) in [4.78, 5) is 0. The Morgan fingerprint density at radius 1 is 1.22 bits per heavy atom. The molecule has 3 atom stereocenters. The lowest BCUT2D eigenvalue weighted by atomic mass is 9.89. The molecule has 2 saturated heterocycles. The number of ether oxygens (including phenoxy) is 3. The Morgan fingerprint density at radius 2 is 2.00 bits per heavy atom. The predicted octanol–water partition coefficient (Wildman–Crippen LogP) is 1.93. The van der Waals surface area contributed by atoms with E-state index >= 15 is 0 Å². The van der Waals surface area contributed by atoms with Crippen molar-refractivity contribution in [2.45, 2.75) is 58.0 Å². The van der Waals surface area contributed by atoms with Crippen molar-refractivity contribution in [2.24, 2.45) is 5.92 Å². The summed E-state index contributed by atoms with van der Waals surface area (Å²) in [5.41, 5.74) is 0. The van der Waals surface area contributed by atoms with E-state index in [4.69, 9.17) is 14.2 Å². The second-order valence-electron chi connectivity index (χ2n) is 5.20. The lowest BCUT2D eigenvalue weighted by Crippen LogP contribution is -2.32. The predicted molar refractivity (Wildman–Crippen MR) is 70.5 cm³/mol. The summed E-state index contributed by atoms with van der Waals surface area (Å²) in [6, 6.07) is 0. The van der Waals surface area contributed by atoms with Crippen LogP contribution in [0.3, 0.4) is 0 Å². The van der Waals surface area contributed by atoms with E-state index in [0.717, 1.165) is 25.4 Å². The normalized spacial score (nSPS) is 30.5. The zero-order valence-electron chi connectivity index (χ0n) is 11.7. The fourth-order valence-corrected chi connectivity index (χ4v) is 3.05. The molecule has 0 aromatic carbocycles. The highest BCUT2D eigenvalue weighted by Gasteiger charge is 2.40. The Labute approximate surface area is 110 Å². The van der Waals surface area contributed by atoms with E-state index in [1.54, 1.807) is 0 Å². The van der Waals surface area contributed by atoms with E-state index in [-0.39, 0.29) is 6.29 Å². The van der Waals surface area contributed by atoms with Gasteiger partial charge in [0.05, 0.1) is 12.2 Å². The van der Waals surface area contributed by atoms with Crippen molar-refractivity contribution in [3.05, 3.63) is 0 Å². The summed E-state index contributed by atoms with van der Waals surface area (Å²) < 4.78 is 16.9. The van der Waals surface area contributed by atoms with Crippen molar-refractivity contribution < 1.29 is 14.2 Å². The lowest BCUT2D eigenvalue weighted by molar-refractivity contribution is -0.138. The quantitative estimate of drug-likeness (QED) is 0.506. The van der Waals surface area contributed by atoms with Crippen molar-refractivity contribution >= 4 is 0 Å². The Kier molecular flexibility index (Phi) is 5.89. The van der Waals surface area contributed by atoms with E-state index in [2.05, 4.69) is 5.32 Å². The zero-order valence-corrected chi connectivity index (χ0v) is 11.7. The van der Waals surface area contributed by atoms with Gasteiger partial charge in [-0.2, -0.15) is 0 Å². The van der Waals surface area contributed by atoms with Gasteiger partial charge in [-0.3, -0.25) is 0 Å². The summed E-state index contributed by atoms with van der Waals surface area (Å²) in [5, 5.41) is 3.52. The monoisotopic (exact) mass is 257 g/mol. The molecule has 0 radical (unpaired) electrons. The highest BCUT2D eigenvalue weighted by Crippen LogP contribution is 2.38. The van der Waals surface area contributed by atoms with Gasteiger partial charge in [0.2, 0.25) is 0 Å². The maximum atomic E-state index is 5.85. The summed E-state index contributed by atoms with van der Waals surface area (Å²) in [6.07, 6.45) is 5.74. The minimum absolute atomic E-state index is 0.0521. The Bertz CT molecular complexity index is 231. The third-order valence-corrected chi connectivity index (χ3v) is 3.90. The topological polar surface area (TPSA) is 39.7 Å². The van der Waals surface area contributed by atoms with E-state index in [9.17, 15) is 0 Å². The van der Waals surface area contributed by atoms with Crippen LogP contribution in [0.4, 0.5) is 0 Å². The summed E-state index contributed by atoms with van der Waals surface area (Å²) in [6.45, 7) is 7.47. The number of hydrogen-bond donors (Lipinski definition) is 1. The van der Waals surface area contributed by atoms with Crippen LogP contribution in [0.25, 0.3) is 0 Å². The molecule has 2 aliphatic heterocycles. The smallest absolute Gasteiger partial charge is 0.158 e. The molecule has 4 heteroatoms. The van der Waals surface area contributed by atoms with Crippen LogP contribution < -0.4 is 5.32 Å². The van der Waals surface area contributed by atoms with Crippen molar-refractivity contribution in [3.8, 4) is 0 Å². The number of rotatable bonds is 9. The van der Waals surface area contributed by atoms with Crippen LogP contribution >= 0.6 is 0 Å². The second kappa shape index (κ2) is 7.43. The molecule has 2 heterocycles. The van der Waals surface area contributed by atoms with Gasteiger partial charge in [0.15, 0.2) is 6.29 Å². The van der Waals surface area contributed by atoms with Crippen LogP contribution in [0.15, 0.2) is 0 Å². The molecule has 0 saturated carbocycles. The van der Waals surface area contributed by atoms with Crippen molar-refractivity contribution in [2.75, 3.05) is 26.3 Å². The average molecular weight is 257 g/mol. The Hall–Kier alpha value is -0.160.